The number of fused-ring (bicyclic) bond motifs is 5. The van der Waals surface area contributed by atoms with Gasteiger partial charge in [0.2, 0.25) is 0 Å². The lowest BCUT2D eigenvalue weighted by Gasteiger charge is -2.57. The summed E-state index contributed by atoms with van der Waals surface area (Å²) in [5, 5.41) is 0. The summed E-state index contributed by atoms with van der Waals surface area (Å²) in [6, 6.07) is 0. The van der Waals surface area contributed by atoms with Gasteiger partial charge in [0.25, 0.3) is 0 Å². The van der Waals surface area contributed by atoms with E-state index >= 15 is 0 Å². The second-order valence-electron chi connectivity index (χ2n) is 12.4. The minimum atomic E-state index is 0.557. The zero-order valence-electron chi connectivity index (χ0n) is 19.7. The summed E-state index contributed by atoms with van der Waals surface area (Å²) in [6.45, 7) is 12.8. The van der Waals surface area contributed by atoms with E-state index in [1.165, 1.54) is 83.5 Å². The van der Waals surface area contributed by atoms with Crippen molar-refractivity contribution < 1.29 is 0 Å². The van der Waals surface area contributed by atoms with Crippen molar-refractivity contribution in [3.05, 3.63) is 11.6 Å². The van der Waals surface area contributed by atoms with E-state index in [0.717, 1.165) is 35.5 Å². The minimum Gasteiger partial charge on any atom is -0.0845 e. The highest BCUT2D eigenvalue weighted by molar-refractivity contribution is 5.23. The third-order valence-corrected chi connectivity index (χ3v) is 10.5. The van der Waals surface area contributed by atoms with E-state index in [1.807, 2.05) is 5.57 Å². The third-order valence-electron chi connectivity index (χ3n) is 10.5. The first-order valence-corrected chi connectivity index (χ1v) is 13.1. The second-order valence-corrected chi connectivity index (χ2v) is 12.4. The van der Waals surface area contributed by atoms with Crippen molar-refractivity contribution in [1.82, 2.24) is 0 Å². The lowest BCUT2D eigenvalue weighted by atomic mass is 9.48. The van der Waals surface area contributed by atoms with Crippen molar-refractivity contribution in [2.75, 3.05) is 0 Å². The zero-order valence-corrected chi connectivity index (χ0v) is 19.7. The second kappa shape index (κ2) is 8.11. The van der Waals surface area contributed by atoms with Gasteiger partial charge in [0.05, 0.1) is 0 Å². The van der Waals surface area contributed by atoms with Crippen LogP contribution in [0.25, 0.3) is 0 Å². The molecule has 0 heterocycles. The summed E-state index contributed by atoms with van der Waals surface area (Å²) in [5.74, 6) is 5.82. The van der Waals surface area contributed by atoms with Gasteiger partial charge in [-0.05, 0) is 97.7 Å². The van der Waals surface area contributed by atoms with Gasteiger partial charge in [0.1, 0.15) is 0 Å². The van der Waals surface area contributed by atoms with Crippen LogP contribution in [0.2, 0.25) is 0 Å². The summed E-state index contributed by atoms with van der Waals surface area (Å²) in [4.78, 5) is 0. The Balaban J connectivity index is 1.49. The Hall–Kier alpha value is -0.260. The fourth-order valence-corrected chi connectivity index (χ4v) is 8.90. The average molecular weight is 385 g/mol. The van der Waals surface area contributed by atoms with E-state index in [0.29, 0.717) is 10.8 Å². The Morgan fingerprint density at radius 2 is 1.75 bits per heavy atom. The van der Waals surface area contributed by atoms with Crippen LogP contribution in [0.5, 0.6) is 0 Å². The molecule has 4 aliphatic carbocycles. The highest BCUT2D eigenvalue weighted by Crippen LogP contribution is 2.67. The highest BCUT2D eigenvalue weighted by Gasteiger charge is 2.58. The van der Waals surface area contributed by atoms with Crippen LogP contribution < -0.4 is 0 Å². The van der Waals surface area contributed by atoms with Crippen LogP contribution in [0, 0.1) is 46.3 Å². The predicted octanol–water partition coefficient (Wildman–Crippen LogP) is 8.81. The molecule has 3 fully saturated rings. The summed E-state index contributed by atoms with van der Waals surface area (Å²) in [7, 11) is 0. The summed E-state index contributed by atoms with van der Waals surface area (Å²) < 4.78 is 0. The van der Waals surface area contributed by atoms with Gasteiger partial charge in [-0.25, -0.2) is 0 Å². The molecule has 0 aromatic rings. The Bertz CT molecular complexity index is 571. The summed E-state index contributed by atoms with van der Waals surface area (Å²) in [6.07, 6.45) is 22.0. The van der Waals surface area contributed by atoms with E-state index in [1.54, 1.807) is 0 Å². The van der Waals surface area contributed by atoms with Crippen LogP contribution in [0.3, 0.4) is 0 Å². The maximum Gasteiger partial charge on any atom is -0.00853 e. The van der Waals surface area contributed by atoms with Gasteiger partial charge in [0, 0.05) is 0 Å². The smallest absolute Gasteiger partial charge is 0.00853 e. The Labute approximate surface area is 176 Å². The quantitative estimate of drug-likeness (QED) is 0.415. The molecule has 0 heteroatoms. The number of hydrogen-bond acceptors (Lipinski definition) is 0. The number of allylic oxidation sites excluding steroid dienone is 2. The SMILES string of the molecule is CC(C)CCCC(C)[C@H]1CC[C@H]2C3CC=C4CCCCC[C@]4(C)[C@H]3CC[C@]12C. The average Bonchev–Trinajstić information content (AvgIpc) is 2.87. The van der Waals surface area contributed by atoms with Crippen LogP contribution in [-0.4, -0.2) is 0 Å². The van der Waals surface area contributed by atoms with Gasteiger partial charge in [-0.1, -0.05) is 78.4 Å². The van der Waals surface area contributed by atoms with E-state index in [9.17, 15) is 0 Å². The van der Waals surface area contributed by atoms with Crippen molar-refractivity contribution in [2.24, 2.45) is 46.3 Å². The molecule has 0 N–H and O–H groups in total. The fraction of sp³-hybridized carbons (Fsp3) is 0.929. The molecule has 0 amide bonds. The summed E-state index contributed by atoms with van der Waals surface area (Å²) >= 11 is 0. The number of rotatable bonds is 5. The van der Waals surface area contributed by atoms with Gasteiger partial charge in [-0.3, -0.25) is 0 Å². The molecule has 0 aromatic carbocycles. The molecule has 160 valence electrons. The van der Waals surface area contributed by atoms with Gasteiger partial charge in [-0.15, -0.1) is 0 Å². The van der Waals surface area contributed by atoms with Crippen LogP contribution >= 0.6 is 0 Å². The Kier molecular flexibility index (Phi) is 6.08. The van der Waals surface area contributed by atoms with Gasteiger partial charge >= 0.3 is 0 Å². The molecule has 0 aromatic heterocycles. The van der Waals surface area contributed by atoms with Gasteiger partial charge in [-0.2, -0.15) is 0 Å². The maximum absolute atomic E-state index is 2.76. The Morgan fingerprint density at radius 3 is 2.54 bits per heavy atom. The molecule has 4 rings (SSSR count). The Morgan fingerprint density at radius 1 is 0.929 bits per heavy atom. The van der Waals surface area contributed by atoms with Crippen molar-refractivity contribution in [2.45, 2.75) is 118 Å². The lowest BCUT2D eigenvalue weighted by molar-refractivity contribution is -0.0460. The molecule has 0 bridgehead atoms. The van der Waals surface area contributed by atoms with E-state index in [4.69, 9.17) is 0 Å². The van der Waals surface area contributed by atoms with E-state index in [2.05, 4.69) is 40.7 Å². The topological polar surface area (TPSA) is 0 Å². The monoisotopic (exact) mass is 384 g/mol. The first kappa shape index (κ1) is 21.0. The van der Waals surface area contributed by atoms with Gasteiger partial charge < -0.3 is 0 Å². The molecule has 0 nitrogen and oxygen atoms in total. The van der Waals surface area contributed by atoms with Crippen molar-refractivity contribution in [3.63, 3.8) is 0 Å². The van der Waals surface area contributed by atoms with Gasteiger partial charge in [0.15, 0.2) is 0 Å². The molecule has 0 saturated heterocycles. The van der Waals surface area contributed by atoms with Crippen molar-refractivity contribution in [1.29, 1.82) is 0 Å². The zero-order chi connectivity index (χ0) is 19.9. The largest absolute Gasteiger partial charge is 0.0845 e. The fourth-order valence-electron chi connectivity index (χ4n) is 8.90. The molecule has 4 aliphatic rings. The van der Waals surface area contributed by atoms with Crippen molar-refractivity contribution >= 4 is 0 Å². The maximum atomic E-state index is 2.76. The van der Waals surface area contributed by atoms with E-state index < -0.39 is 0 Å². The first-order valence-electron chi connectivity index (χ1n) is 13.1. The molecule has 2 unspecified atom stereocenters. The van der Waals surface area contributed by atoms with Crippen LogP contribution in [0.4, 0.5) is 0 Å². The standard InChI is InChI=1S/C28H48/c1-20(2)10-9-11-21(3)24-15-16-25-23-14-13-22-12-7-6-8-18-27(22,4)26(23)17-19-28(24,25)5/h13,20-21,23-26H,6-12,14-19H2,1-5H3/t21?,23?,24-,25+,26+,27+,28-/m1/s1. The van der Waals surface area contributed by atoms with Crippen molar-refractivity contribution in [3.8, 4) is 0 Å². The molecule has 0 aliphatic heterocycles. The van der Waals surface area contributed by atoms with Crippen LogP contribution in [-0.2, 0) is 0 Å². The molecule has 3 saturated carbocycles. The molecule has 28 heavy (non-hydrogen) atoms. The summed E-state index contributed by atoms with van der Waals surface area (Å²) in [5.41, 5.74) is 3.08. The number of hydrogen-bond donors (Lipinski definition) is 0. The molecular weight excluding hydrogens is 336 g/mol. The van der Waals surface area contributed by atoms with Crippen LogP contribution in [0.1, 0.15) is 118 Å². The molecular formula is C28H48. The normalized spacial score (nSPS) is 44.3. The highest BCUT2D eigenvalue weighted by atomic mass is 14.6. The molecule has 0 radical (unpaired) electrons. The molecule has 0 spiro atoms. The lowest BCUT2D eigenvalue weighted by Crippen LogP contribution is -2.49. The minimum absolute atomic E-state index is 0.557. The third kappa shape index (κ3) is 3.54. The molecule has 7 atom stereocenters. The predicted molar refractivity (Wildman–Crippen MR) is 122 cm³/mol. The van der Waals surface area contributed by atoms with Crippen LogP contribution in [0.15, 0.2) is 11.6 Å². The van der Waals surface area contributed by atoms with E-state index in [-0.39, 0.29) is 0 Å². The first-order chi connectivity index (χ1) is 13.4.